The summed E-state index contributed by atoms with van der Waals surface area (Å²) in [6.45, 7) is 2.29. The summed E-state index contributed by atoms with van der Waals surface area (Å²) in [5.41, 5.74) is 0.435. The van der Waals surface area contributed by atoms with E-state index < -0.39 is 24.5 Å². The molecule has 30 heavy (non-hydrogen) atoms. The number of alkyl halides is 1. The van der Waals surface area contributed by atoms with Crippen molar-refractivity contribution in [2.45, 2.75) is 26.1 Å². The van der Waals surface area contributed by atoms with E-state index >= 15 is 0 Å². The van der Waals surface area contributed by atoms with Gasteiger partial charge in [0.1, 0.15) is 22.0 Å². The number of benzene rings is 1. The molecule has 1 amide bonds. The molecule has 0 saturated carbocycles. The van der Waals surface area contributed by atoms with E-state index in [1.807, 2.05) is 0 Å². The van der Waals surface area contributed by atoms with Crippen molar-refractivity contribution in [3.63, 3.8) is 0 Å². The molecule has 0 radical (unpaired) electrons. The number of halogens is 2. The molecule has 3 aromatic rings. The van der Waals surface area contributed by atoms with Gasteiger partial charge in [0.05, 0.1) is 5.69 Å². The number of nitrogens with zero attached hydrogens (tertiary/aromatic N) is 2. The Labute approximate surface area is 218 Å². The Hall–Kier alpha value is -1.69. The molecule has 0 fully saturated rings. The van der Waals surface area contributed by atoms with Crippen molar-refractivity contribution in [3.05, 3.63) is 52.9 Å². The summed E-state index contributed by atoms with van der Waals surface area (Å²) in [6, 6.07) is 5.97. The molecule has 8 nitrogen and oxygen atoms in total. The number of nitrogens with one attached hydrogen (secondary N) is 1. The maximum atomic E-state index is 14.5. The minimum atomic E-state index is -2.03. The molecular formula is C19H18ClFKN3O5. The van der Waals surface area contributed by atoms with Crippen molar-refractivity contribution in [2.24, 2.45) is 0 Å². The van der Waals surface area contributed by atoms with Gasteiger partial charge in [0.2, 0.25) is 0 Å². The molecule has 0 aliphatic carbocycles. The van der Waals surface area contributed by atoms with E-state index in [4.69, 9.17) is 16.1 Å². The average Bonchev–Trinajstić information content (AvgIpc) is 3.26. The molecule has 3 N–H and O–H groups in total. The fourth-order valence-electron chi connectivity index (χ4n) is 2.67. The van der Waals surface area contributed by atoms with Crippen molar-refractivity contribution >= 4 is 80.5 Å². The van der Waals surface area contributed by atoms with Gasteiger partial charge in [-0.2, -0.15) is 0 Å². The van der Waals surface area contributed by atoms with Crippen LogP contribution in [0.5, 0.6) is 5.75 Å². The SMILES string of the molecule is CCn1cc(NC(=O)C(F)Cc2noc(-c3ccc(O)cc3)c2Cl)c(C(=O)O)c1.[KH]. The molecule has 154 valence electrons. The molecule has 2 aromatic heterocycles. The van der Waals surface area contributed by atoms with E-state index in [0.717, 1.165) is 0 Å². The summed E-state index contributed by atoms with van der Waals surface area (Å²) >= 11 is 6.20. The number of aromatic hydroxyl groups is 1. The standard InChI is InChI=1S/C19H17ClFN3O5.K.H/c1-2-24-8-12(19(27)28)15(9-24)22-18(26)13(21)7-14-16(20)17(29-23-14)10-3-5-11(25)6-4-10;;/h3-6,8-9,13,25H,2,7H2,1H3,(H,22,26)(H,27,28);;. The second-order valence-electron chi connectivity index (χ2n) is 6.20. The first kappa shape index (κ1) is 24.6. The Bertz CT molecular complexity index is 1050. The molecule has 1 atom stereocenters. The Balaban J connectivity index is 0.00000320. The van der Waals surface area contributed by atoms with E-state index in [0.29, 0.717) is 12.1 Å². The maximum absolute atomic E-state index is 14.5. The number of carboxylic acid groups (broad SMARTS) is 1. The summed E-state index contributed by atoms with van der Waals surface area (Å²) in [7, 11) is 0. The number of aryl methyl sites for hydroxylation is 1. The summed E-state index contributed by atoms with van der Waals surface area (Å²) in [5, 5.41) is 24.6. The van der Waals surface area contributed by atoms with Gasteiger partial charge in [-0.1, -0.05) is 16.8 Å². The third kappa shape index (κ3) is 5.51. The van der Waals surface area contributed by atoms with Crippen molar-refractivity contribution < 1.29 is 28.7 Å². The fraction of sp³-hybridized carbons (Fsp3) is 0.211. The first-order chi connectivity index (χ1) is 13.8. The fourth-order valence-corrected chi connectivity index (χ4v) is 2.92. The van der Waals surface area contributed by atoms with E-state index in [-0.39, 0.29) is 84.9 Å². The predicted molar refractivity (Wildman–Crippen MR) is 110 cm³/mol. The average molecular weight is 462 g/mol. The number of hydrogen-bond acceptors (Lipinski definition) is 5. The summed E-state index contributed by atoms with van der Waals surface area (Å²) in [6.07, 6.45) is 0.282. The zero-order valence-corrected chi connectivity index (χ0v) is 16.0. The monoisotopic (exact) mass is 461 g/mol. The number of carboxylic acids is 1. The normalized spacial score (nSPS) is 11.6. The van der Waals surface area contributed by atoms with Crippen LogP contribution >= 0.6 is 11.6 Å². The van der Waals surface area contributed by atoms with Crippen molar-refractivity contribution in [2.75, 3.05) is 5.32 Å². The first-order valence-corrected chi connectivity index (χ1v) is 8.99. The Morgan fingerprint density at radius 3 is 2.57 bits per heavy atom. The van der Waals surface area contributed by atoms with Gasteiger partial charge in [0.25, 0.3) is 5.91 Å². The van der Waals surface area contributed by atoms with Crippen LogP contribution in [-0.4, -0.2) is 89.4 Å². The number of carbonyl (C=O) groups is 2. The molecule has 0 aliphatic rings. The second-order valence-corrected chi connectivity index (χ2v) is 6.58. The molecule has 0 aliphatic heterocycles. The van der Waals surface area contributed by atoms with E-state index in [2.05, 4.69) is 10.5 Å². The number of hydrogen-bond donors (Lipinski definition) is 3. The quantitative estimate of drug-likeness (QED) is 0.465. The zero-order valence-electron chi connectivity index (χ0n) is 15.2. The third-order valence-electron chi connectivity index (χ3n) is 4.22. The van der Waals surface area contributed by atoms with Crippen LogP contribution in [0.15, 0.2) is 41.2 Å². The Kier molecular flexibility index (Phi) is 8.65. The molecule has 0 saturated heterocycles. The second kappa shape index (κ2) is 10.6. The van der Waals surface area contributed by atoms with E-state index in [9.17, 15) is 24.2 Å². The Morgan fingerprint density at radius 2 is 1.97 bits per heavy atom. The molecule has 1 unspecified atom stereocenters. The topological polar surface area (TPSA) is 118 Å². The summed E-state index contributed by atoms with van der Waals surface area (Å²) in [5.74, 6) is -2.02. The van der Waals surface area contributed by atoms with Gasteiger partial charge in [-0.15, -0.1) is 0 Å². The van der Waals surface area contributed by atoms with Gasteiger partial charge in [-0.25, -0.2) is 9.18 Å². The summed E-state index contributed by atoms with van der Waals surface area (Å²) < 4.78 is 21.2. The van der Waals surface area contributed by atoms with E-state index in [1.165, 1.54) is 24.5 Å². The minimum absolute atomic E-state index is 0. The van der Waals surface area contributed by atoms with Gasteiger partial charge in [-0.05, 0) is 31.2 Å². The van der Waals surface area contributed by atoms with Crippen LogP contribution in [0.3, 0.4) is 0 Å². The first-order valence-electron chi connectivity index (χ1n) is 8.61. The van der Waals surface area contributed by atoms with Crippen molar-refractivity contribution in [1.82, 2.24) is 9.72 Å². The molecule has 1 aromatic carbocycles. The molecule has 2 heterocycles. The number of aromatic nitrogens is 2. The molecule has 0 spiro atoms. The third-order valence-corrected chi connectivity index (χ3v) is 4.61. The van der Waals surface area contributed by atoms with Gasteiger partial charge in [0.15, 0.2) is 11.9 Å². The number of rotatable bonds is 7. The van der Waals surface area contributed by atoms with Crippen LogP contribution in [-0.2, 0) is 17.8 Å². The molecular weight excluding hydrogens is 444 g/mol. The van der Waals surface area contributed by atoms with Gasteiger partial charge in [-0.3, -0.25) is 4.79 Å². The number of aromatic carboxylic acids is 1. The van der Waals surface area contributed by atoms with E-state index in [1.54, 1.807) is 23.6 Å². The van der Waals surface area contributed by atoms with Crippen LogP contribution < -0.4 is 5.32 Å². The van der Waals surface area contributed by atoms with Crippen LogP contribution in [0.25, 0.3) is 11.3 Å². The van der Waals surface area contributed by atoms with Gasteiger partial charge < -0.3 is 24.6 Å². The van der Waals surface area contributed by atoms with Crippen molar-refractivity contribution in [1.29, 1.82) is 0 Å². The zero-order chi connectivity index (χ0) is 21.1. The van der Waals surface area contributed by atoms with Crippen LogP contribution in [0, 0.1) is 0 Å². The van der Waals surface area contributed by atoms with Crippen LogP contribution in [0.2, 0.25) is 5.02 Å². The van der Waals surface area contributed by atoms with Gasteiger partial charge in [0, 0.05) is 30.9 Å². The van der Waals surface area contributed by atoms with Gasteiger partial charge >= 0.3 is 57.4 Å². The van der Waals surface area contributed by atoms with Crippen LogP contribution in [0.4, 0.5) is 10.1 Å². The number of amides is 1. The predicted octanol–water partition coefficient (Wildman–Crippen LogP) is 3.09. The summed E-state index contributed by atoms with van der Waals surface area (Å²) in [4.78, 5) is 23.5. The number of carbonyl (C=O) groups excluding carboxylic acids is 1. The number of anilines is 1. The number of phenolic OH excluding ortho intramolecular Hbond substituents is 1. The molecule has 3 rings (SSSR count). The molecule has 0 bridgehead atoms. The number of phenols is 1. The molecule has 11 heteroatoms. The van der Waals surface area contributed by atoms with Crippen molar-refractivity contribution in [3.8, 4) is 17.1 Å². The Morgan fingerprint density at radius 1 is 1.30 bits per heavy atom. The van der Waals surface area contributed by atoms with Crippen LogP contribution in [0.1, 0.15) is 23.0 Å².